The second-order valence-corrected chi connectivity index (χ2v) is 8.72. The van der Waals surface area contributed by atoms with Gasteiger partial charge < -0.3 is 39.3 Å². The number of esters is 1. The van der Waals surface area contributed by atoms with Crippen LogP contribution >= 0.6 is 11.6 Å². The van der Waals surface area contributed by atoms with Crippen molar-refractivity contribution in [3.05, 3.63) is 53.6 Å². The topological polar surface area (TPSA) is 119 Å². The number of hydrogen-bond acceptors (Lipinski definition) is 9. The lowest BCUT2D eigenvalue weighted by molar-refractivity contribution is -0.141. The van der Waals surface area contributed by atoms with Crippen LogP contribution < -0.4 is 29.4 Å². The molecule has 10 heteroatoms. The number of cyclic esters (lactones) is 1. The number of aliphatic hydroxyl groups is 1. The third kappa shape index (κ3) is 4.47. The second kappa shape index (κ2) is 10.2. The first-order chi connectivity index (χ1) is 16.8. The zero-order chi connectivity index (χ0) is 25.3. The van der Waals surface area contributed by atoms with E-state index < -0.39 is 12.0 Å². The van der Waals surface area contributed by atoms with Crippen LogP contribution in [0.4, 0.5) is 0 Å². The Kier molecular flexibility index (Phi) is 7.30. The minimum Gasteiger partial charge on any atom is -0.493 e. The van der Waals surface area contributed by atoms with Gasteiger partial charge in [-0.1, -0.05) is 6.08 Å². The second-order valence-electron chi connectivity index (χ2n) is 8.22. The van der Waals surface area contributed by atoms with Crippen LogP contribution in [0.1, 0.15) is 28.7 Å². The van der Waals surface area contributed by atoms with Crippen LogP contribution in [0.15, 0.2) is 36.9 Å². The zero-order valence-corrected chi connectivity index (χ0v) is 20.4. The highest BCUT2D eigenvalue weighted by Gasteiger charge is 2.52. The van der Waals surface area contributed by atoms with Gasteiger partial charge >= 0.3 is 5.97 Å². The molecule has 1 aliphatic carbocycles. The lowest BCUT2D eigenvalue weighted by Crippen LogP contribution is -2.34. The van der Waals surface area contributed by atoms with Crippen molar-refractivity contribution in [3.63, 3.8) is 0 Å². The summed E-state index contributed by atoms with van der Waals surface area (Å²) in [5.41, 5.74) is 6.85. The Morgan fingerprint density at radius 3 is 2.14 bits per heavy atom. The van der Waals surface area contributed by atoms with E-state index in [1.165, 1.54) is 13.2 Å². The summed E-state index contributed by atoms with van der Waals surface area (Å²) in [7, 11) is 4.63. The van der Waals surface area contributed by atoms with Gasteiger partial charge in [0.05, 0.1) is 45.5 Å². The van der Waals surface area contributed by atoms with Gasteiger partial charge in [0.25, 0.3) is 0 Å². The number of alkyl halides is 1. The number of nitrogens with two attached hydrogens (primary N) is 1. The molecule has 2 aromatic rings. The van der Waals surface area contributed by atoms with Crippen molar-refractivity contribution in [2.45, 2.75) is 17.5 Å². The van der Waals surface area contributed by atoms with Crippen molar-refractivity contribution in [1.82, 2.24) is 0 Å². The van der Waals surface area contributed by atoms with Crippen LogP contribution in [0.5, 0.6) is 28.7 Å². The third-order valence-corrected chi connectivity index (χ3v) is 6.60. The fraction of sp³-hybridized carbons (Fsp3) is 0.400. The van der Waals surface area contributed by atoms with E-state index >= 15 is 0 Å². The molecule has 0 bridgehead atoms. The van der Waals surface area contributed by atoms with Crippen molar-refractivity contribution in [1.29, 1.82) is 0 Å². The van der Waals surface area contributed by atoms with Gasteiger partial charge in [-0.05, 0) is 41.0 Å². The predicted molar refractivity (Wildman–Crippen MR) is 127 cm³/mol. The number of benzene rings is 2. The van der Waals surface area contributed by atoms with Crippen molar-refractivity contribution in [2.75, 3.05) is 34.7 Å². The smallest absolute Gasteiger partial charge is 0.310 e. The Balaban J connectivity index is 0.000000527. The number of carbonyl (C=O) groups excluding carboxylic acids is 1. The Labute approximate surface area is 208 Å². The summed E-state index contributed by atoms with van der Waals surface area (Å²) in [4.78, 5) is 12.7. The molecule has 1 fully saturated rings. The molecule has 35 heavy (non-hydrogen) atoms. The number of ether oxygens (including phenoxy) is 6. The largest absolute Gasteiger partial charge is 0.493 e. The van der Waals surface area contributed by atoms with E-state index in [0.29, 0.717) is 34.3 Å². The van der Waals surface area contributed by atoms with Gasteiger partial charge in [0, 0.05) is 11.8 Å². The number of hydrogen-bond donors (Lipinski definition) is 2. The van der Waals surface area contributed by atoms with Crippen LogP contribution in [0.2, 0.25) is 0 Å². The number of fused-ring (bicyclic) bond motifs is 3. The molecule has 9 nitrogen and oxygen atoms in total. The molecule has 5 atom stereocenters. The van der Waals surface area contributed by atoms with Crippen molar-refractivity contribution >= 4 is 17.6 Å². The van der Waals surface area contributed by atoms with Crippen molar-refractivity contribution in [3.8, 4) is 28.7 Å². The molecule has 0 radical (unpaired) electrons. The van der Waals surface area contributed by atoms with Gasteiger partial charge in [0.1, 0.15) is 0 Å². The fourth-order valence-electron chi connectivity index (χ4n) is 4.81. The molecule has 188 valence electrons. The normalized spacial score (nSPS) is 24.2. The molecule has 0 saturated carbocycles. The summed E-state index contributed by atoms with van der Waals surface area (Å²) >= 11 is 5.12. The number of methoxy groups -OCH3 is 3. The Morgan fingerprint density at radius 2 is 1.63 bits per heavy atom. The van der Waals surface area contributed by atoms with Gasteiger partial charge in [-0.25, -0.2) is 0 Å². The van der Waals surface area contributed by atoms with E-state index in [4.69, 9.17) is 45.8 Å². The maximum atomic E-state index is 12.7. The lowest BCUT2D eigenvalue weighted by Gasteiger charge is -2.37. The molecular weight excluding hydrogens is 478 g/mol. The molecule has 0 amide bonds. The average molecular weight is 506 g/mol. The summed E-state index contributed by atoms with van der Waals surface area (Å²) in [6.07, 6.45) is 0.617. The minimum atomic E-state index is -0.843. The highest BCUT2D eigenvalue weighted by atomic mass is 35.5. The van der Waals surface area contributed by atoms with E-state index in [1.54, 1.807) is 20.3 Å². The van der Waals surface area contributed by atoms with Gasteiger partial charge in [0.15, 0.2) is 23.0 Å². The molecule has 3 N–H and O–H groups in total. The van der Waals surface area contributed by atoms with Crippen LogP contribution in [-0.4, -0.2) is 51.3 Å². The molecule has 2 aliphatic heterocycles. The van der Waals surface area contributed by atoms with E-state index in [0.717, 1.165) is 11.1 Å². The van der Waals surface area contributed by atoms with E-state index in [2.05, 4.69) is 6.58 Å². The van der Waals surface area contributed by atoms with E-state index in [1.807, 2.05) is 18.2 Å². The quantitative estimate of drug-likeness (QED) is 0.273. The Hall–Kier alpha value is -3.14. The Bertz CT molecular complexity index is 1100. The Morgan fingerprint density at radius 1 is 1.06 bits per heavy atom. The number of carbonyl (C=O) groups is 1. The van der Waals surface area contributed by atoms with Crippen LogP contribution in [0, 0.1) is 11.8 Å². The first-order valence-corrected chi connectivity index (χ1v) is 11.4. The first-order valence-electron chi connectivity index (χ1n) is 10.9. The summed E-state index contributed by atoms with van der Waals surface area (Å²) in [5, 5.41) is 11.0. The molecule has 5 rings (SSSR count). The summed E-state index contributed by atoms with van der Waals surface area (Å²) in [6.45, 7) is 3.59. The highest BCUT2D eigenvalue weighted by molar-refractivity contribution is 6.21. The molecule has 1 saturated heterocycles. The molecule has 2 heterocycles. The number of halogens is 1. The van der Waals surface area contributed by atoms with Crippen LogP contribution in [0.3, 0.4) is 0 Å². The predicted octanol–water partition coefficient (Wildman–Crippen LogP) is 3.11. The van der Waals surface area contributed by atoms with Gasteiger partial charge in [-0.3, -0.25) is 4.79 Å². The third-order valence-electron chi connectivity index (χ3n) is 6.42. The highest BCUT2D eigenvalue weighted by Crippen LogP contribution is 2.55. The lowest BCUT2D eigenvalue weighted by atomic mass is 9.66. The monoisotopic (exact) mass is 505 g/mol. The molecule has 1 unspecified atom stereocenters. The van der Waals surface area contributed by atoms with Gasteiger partial charge in [-0.2, -0.15) is 0 Å². The molecule has 0 aromatic heterocycles. The fourth-order valence-corrected chi connectivity index (χ4v) is 4.81. The maximum Gasteiger partial charge on any atom is 0.310 e. The van der Waals surface area contributed by atoms with Gasteiger partial charge in [-0.15, -0.1) is 18.2 Å². The summed E-state index contributed by atoms with van der Waals surface area (Å²) < 4.78 is 32.9. The molecule has 3 aliphatic rings. The number of aliphatic hydroxyl groups excluding tert-OH is 1. The van der Waals surface area contributed by atoms with E-state index in [-0.39, 0.29) is 36.7 Å². The zero-order valence-electron chi connectivity index (χ0n) is 19.7. The molecular formula is C25H28ClNO8. The minimum absolute atomic E-state index is 0.123. The van der Waals surface area contributed by atoms with E-state index in [9.17, 15) is 9.90 Å². The standard InChI is InChI=1S/C22H22O8.C3H6ClN/c1-25-16-4-10(5-17(26-2)21(16)27-3)18-11-6-14-15(30-9-29-14)7-12(11)20(23)13-8-28-22(24)19(13)18;1-2-3(4)5/h4-7,13,18-20,23H,8-9H2,1-3H3;2-3H,1,5H2/t13-,18+,19-,20-;/m0./s1. The SMILES string of the molecule is C=CC(N)Cl.COc1cc([C@@H]2c3cc4c(cc3[C@H](O)[C@H]3COC(=O)[C@H]23)OCO4)cc(OC)c1OC. The molecule has 2 aromatic carbocycles. The van der Waals surface area contributed by atoms with Crippen LogP contribution in [-0.2, 0) is 9.53 Å². The average Bonchev–Trinajstić information content (AvgIpc) is 3.49. The van der Waals surface area contributed by atoms with Crippen LogP contribution in [0.25, 0.3) is 0 Å². The summed E-state index contributed by atoms with van der Waals surface area (Å²) in [5.74, 6) is 0.989. The summed E-state index contributed by atoms with van der Waals surface area (Å²) in [6, 6.07) is 7.31. The van der Waals surface area contributed by atoms with Crippen molar-refractivity contribution in [2.24, 2.45) is 17.6 Å². The first kappa shape index (κ1) is 25.0. The number of rotatable bonds is 5. The molecule has 0 spiro atoms. The maximum absolute atomic E-state index is 12.7. The van der Waals surface area contributed by atoms with Crippen molar-refractivity contribution < 1.29 is 38.3 Å². The van der Waals surface area contributed by atoms with Gasteiger partial charge in [0.2, 0.25) is 12.5 Å².